The number of carboxylic acid groups (broad SMARTS) is 1. The van der Waals surface area contributed by atoms with Gasteiger partial charge in [-0.2, -0.15) is 5.26 Å². The van der Waals surface area contributed by atoms with Crippen molar-refractivity contribution in [3.63, 3.8) is 0 Å². The zero-order valence-corrected chi connectivity index (χ0v) is 8.72. The van der Waals surface area contributed by atoms with Gasteiger partial charge in [0.25, 0.3) is 0 Å². The lowest BCUT2D eigenvalue weighted by molar-refractivity contribution is 0.0527. The Kier molecular flexibility index (Phi) is 3.85. The molecular weight excluding hydrogens is 234 g/mol. The quantitative estimate of drug-likeness (QED) is 0.684. The first-order valence-corrected chi connectivity index (χ1v) is 4.63. The van der Waals surface area contributed by atoms with Crippen molar-refractivity contribution in [3.05, 3.63) is 34.3 Å². The zero-order valence-electron chi connectivity index (χ0n) is 7.96. The van der Waals surface area contributed by atoms with Crippen LogP contribution >= 0.6 is 11.6 Å². The van der Waals surface area contributed by atoms with Gasteiger partial charge in [-0.1, -0.05) is 17.7 Å². The lowest BCUT2D eigenvalue weighted by Crippen LogP contribution is -2.16. The van der Waals surface area contributed by atoms with E-state index in [4.69, 9.17) is 27.1 Å². The van der Waals surface area contributed by atoms with Crippen molar-refractivity contribution in [3.8, 4) is 6.07 Å². The fourth-order valence-electron chi connectivity index (χ4n) is 1.14. The molecule has 5 nitrogen and oxygen atoms in total. The molecular formula is C10H8ClNO4. The number of rotatable bonds is 3. The average Bonchev–Trinajstić information content (AvgIpc) is 2.26. The fourth-order valence-corrected chi connectivity index (χ4v) is 1.41. The largest absolute Gasteiger partial charge is 0.478 e. The number of hydrogen-bond acceptors (Lipinski definition) is 4. The van der Waals surface area contributed by atoms with Gasteiger partial charge in [0, 0.05) is 0 Å². The second-order valence-corrected chi connectivity index (χ2v) is 3.47. The van der Waals surface area contributed by atoms with Crippen LogP contribution in [-0.2, 0) is 0 Å². The van der Waals surface area contributed by atoms with E-state index in [1.165, 1.54) is 24.3 Å². The highest BCUT2D eigenvalue weighted by Gasteiger charge is 2.19. The zero-order chi connectivity index (χ0) is 12.3. The van der Waals surface area contributed by atoms with Crippen LogP contribution in [-0.4, -0.2) is 27.4 Å². The van der Waals surface area contributed by atoms with Gasteiger partial charge >= 0.3 is 5.97 Å². The number of carbonyl (C=O) groups is 1. The maximum absolute atomic E-state index is 10.6. The second-order valence-electron chi connectivity index (χ2n) is 3.06. The number of nitrogens with zero attached hydrogens (tertiary/aromatic N) is 1. The topological polar surface area (TPSA) is 102 Å². The summed E-state index contributed by atoms with van der Waals surface area (Å²) < 4.78 is 0. The number of carboxylic acids is 1. The molecule has 1 rings (SSSR count). The lowest BCUT2D eigenvalue weighted by atomic mass is 10.0. The van der Waals surface area contributed by atoms with Crippen molar-refractivity contribution in [1.82, 2.24) is 0 Å². The van der Waals surface area contributed by atoms with Crippen LogP contribution in [0.4, 0.5) is 0 Å². The van der Waals surface area contributed by atoms with Crippen LogP contribution in [0.25, 0.3) is 0 Å². The highest BCUT2D eigenvalue weighted by molar-refractivity contribution is 6.33. The number of aromatic carboxylic acids is 1. The molecule has 6 heteroatoms. The Hall–Kier alpha value is -1.61. The molecule has 0 amide bonds. The van der Waals surface area contributed by atoms with Crippen LogP contribution in [0.15, 0.2) is 18.2 Å². The molecule has 0 saturated carbocycles. The summed E-state index contributed by atoms with van der Waals surface area (Å²) >= 11 is 5.66. The molecule has 1 aromatic rings. The number of nitriles is 1. The average molecular weight is 242 g/mol. The molecule has 0 aliphatic carbocycles. The molecule has 0 bridgehead atoms. The number of hydrogen-bond donors (Lipinski definition) is 3. The minimum absolute atomic E-state index is 0.0609. The van der Waals surface area contributed by atoms with Gasteiger partial charge in [0.2, 0.25) is 0 Å². The summed E-state index contributed by atoms with van der Waals surface area (Å²) in [6.07, 6.45) is -2.99. The SMILES string of the molecule is N#CC(O)C(O)c1ccc(C(=O)O)c(Cl)c1. The summed E-state index contributed by atoms with van der Waals surface area (Å²) in [5.41, 5.74) is 0.0770. The van der Waals surface area contributed by atoms with E-state index in [-0.39, 0.29) is 16.1 Å². The third-order valence-corrected chi connectivity index (χ3v) is 2.31. The van der Waals surface area contributed by atoms with Crippen molar-refractivity contribution < 1.29 is 20.1 Å². The van der Waals surface area contributed by atoms with Crippen molar-refractivity contribution in [2.75, 3.05) is 0 Å². The molecule has 0 aromatic heterocycles. The maximum atomic E-state index is 10.6. The Labute approximate surface area is 96.1 Å². The highest BCUT2D eigenvalue weighted by atomic mass is 35.5. The van der Waals surface area contributed by atoms with Crippen LogP contribution < -0.4 is 0 Å². The molecule has 1 aromatic carbocycles. The standard InChI is InChI=1S/C10H8ClNO4/c11-7-3-5(9(14)8(13)4-12)1-2-6(7)10(15)16/h1-3,8-9,13-14H,(H,15,16). The van der Waals surface area contributed by atoms with Gasteiger partial charge in [0.1, 0.15) is 6.10 Å². The molecule has 0 saturated heterocycles. The van der Waals surface area contributed by atoms with E-state index >= 15 is 0 Å². The number of aliphatic hydroxyl groups is 2. The van der Waals surface area contributed by atoms with Gasteiger partial charge < -0.3 is 15.3 Å². The van der Waals surface area contributed by atoms with Crippen LogP contribution in [0.5, 0.6) is 0 Å². The van der Waals surface area contributed by atoms with Crippen molar-refractivity contribution in [1.29, 1.82) is 5.26 Å². The Balaban J connectivity index is 3.07. The van der Waals surface area contributed by atoms with Crippen molar-refractivity contribution in [2.24, 2.45) is 0 Å². The van der Waals surface area contributed by atoms with E-state index in [2.05, 4.69) is 0 Å². The third kappa shape index (κ3) is 2.49. The monoisotopic (exact) mass is 241 g/mol. The van der Waals surface area contributed by atoms with E-state index in [1.54, 1.807) is 0 Å². The summed E-state index contributed by atoms with van der Waals surface area (Å²) in [6.45, 7) is 0. The second kappa shape index (κ2) is 4.94. The Morgan fingerprint density at radius 3 is 2.50 bits per heavy atom. The molecule has 0 aliphatic heterocycles. The summed E-state index contributed by atoms with van der Waals surface area (Å²) in [4.78, 5) is 10.6. The maximum Gasteiger partial charge on any atom is 0.337 e. The van der Waals surface area contributed by atoms with Crippen LogP contribution in [0.3, 0.4) is 0 Å². The van der Waals surface area contributed by atoms with E-state index in [1.807, 2.05) is 0 Å². The first-order chi connectivity index (χ1) is 7.47. The smallest absolute Gasteiger partial charge is 0.337 e. The predicted octanol–water partition coefficient (Wildman–Crippen LogP) is 0.956. The van der Waals surface area contributed by atoms with Gasteiger partial charge in [0.15, 0.2) is 6.10 Å². The van der Waals surface area contributed by atoms with E-state index < -0.39 is 18.2 Å². The first-order valence-electron chi connectivity index (χ1n) is 4.26. The summed E-state index contributed by atoms with van der Waals surface area (Å²) in [7, 11) is 0. The van der Waals surface area contributed by atoms with Gasteiger partial charge in [-0.25, -0.2) is 4.79 Å². The lowest BCUT2D eigenvalue weighted by Gasteiger charge is -2.12. The van der Waals surface area contributed by atoms with E-state index in [9.17, 15) is 9.90 Å². The van der Waals surface area contributed by atoms with Gasteiger partial charge in [-0.05, 0) is 17.7 Å². The molecule has 0 aliphatic rings. The summed E-state index contributed by atoms with van der Waals surface area (Å²) in [6, 6.07) is 5.16. The summed E-state index contributed by atoms with van der Waals surface area (Å²) in [5.74, 6) is -1.19. The van der Waals surface area contributed by atoms with Gasteiger partial charge in [0.05, 0.1) is 16.7 Å². The molecule has 2 unspecified atom stereocenters. The van der Waals surface area contributed by atoms with Gasteiger partial charge in [-0.15, -0.1) is 0 Å². The fraction of sp³-hybridized carbons (Fsp3) is 0.200. The van der Waals surface area contributed by atoms with Crippen molar-refractivity contribution in [2.45, 2.75) is 12.2 Å². The number of halogens is 1. The van der Waals surface area contributed by atoms with E-state index in [0.717, 1.165) is 0 Å². The minimum Gasteiger partial charge on any atom is -0.478 e. The normalized spacial score (nSPS) is 13.9. The molecule has 0 spiro atoms. The molecule has 0 heterocycles. The van der Waals surface area contributed by atoms with Crippen molar-refractivity contribution >= 4 is 17.6 Å². The molecule has 16 heavy (non-hydrogen) atoms. The Bertz CT molecular complexity index is 455. The molecule has 3 N–H and O–H groups in total. The number of benzene rings is 1. The van der Waals surface area contributed by atoms with Crippen LogP contribution in [0.1, 0.15) is 22.0 Å². The third-order valence-electron chi connectivity index (χ3n) is 2.00. The van der Waals surface area contributed by atoms with Crippen LogP contribution in [0, 0.1) is 11.3 Å². The number of aliphatic hydroxyl groups excluding tert-OH is 2. The summed E-state index contributed by atoms with van der Waals surface area (Å²) in [5, 5.41) is 35.6. The first kappa shape index (κ1) is 12.5. The minimum atomic E-state index is -1.58. The molecule has 0 radical (unpaired) electrons. The van der Waals surface area contributed by atoms with E-state index in [0.29, 0.717) is 0 Å². The van der Waals surface area contributed by atoms with Gasteiger partial charge in [-0.3, -0.25) is 0 Å². The molecule has 2 atom stereocenters. The Morgan fingerprint density at radius 1 is 1.44 bits per heavy atom. The molecule has 84 valence electrons. The molecule has 0 fully saturated rings. The highest BCUT2D eigenvalue weighted by Crippen LogP contribution is 2.23. The Morgan fingerprint density at radius 2 is 2.06 bits per heavy atom. The predicted molar refractivity (Wildman–Crippen MR) is 55.0 cm³/mol. The van der Waals surface area contributed by atoms with Crippen LogP contribution in [0.2, 0.25) is 5.02 Å².